The molecule has 1 atom stereocenters. The molecule has 0 spiro atoms. The van der Waals surface area contributed by atoms with Crippen molar-refractivity contribution in [1.82, 2.24) is 10.2 Å². The highest BCUT2D eigenvalue weighted by atomic mass is 15.2. The number of likely N-dealkylation sites (tertiary alicyclic amines) is 1. The van der Waals surface area contributed by atoms with Crippen LogP contribution in [0.2, 0.25) is 0 Å². The van der Waals surface area contributed by atoms with Crippen molar-refractivity contribution in [3.8, 4) is 0 Å². The maximum atomic E-state index is 3.56. The zero-order valence-corrected chi connectivity index (χ0v) is 10.6. The van der Waals surface area contributed by atoms with Gasteiger partial charge in [0.05, 0.1) is 0 Å². The summed E-state index contributed by atoms with van der Waals surface area (Å²) in [5, 5.41) is 3.56. The van der Waals surface area contributed by atoms with E-state index in [1.54, 1.807) is 0 Å². The lowest BCUT2D eigenvalue weighted by Crippen LogP contribution is -2.38. The van der Waals surface area contributed by atoms with Crippen LogP contribution in [0.15, 0.2) is 0 Å². The molecule has 1 heterocycles. The maximum Gasteiger partial charge on any atom is 0.0221 e. The summed E-state index contributed by atoms with van der Waals surface area (Å²) in [7, 11) is 0. The average Bonchev–Trinajstić information content (AvgIpc) is 2.67. The molecule has 1 unspecified atom stereocenters. The van der Waals surface area contributed by atoms with E-state index >= 15 is 0 Å². The normalized spacial score (nSPS) is 22.4. The summed E-state index contributed by atoms with van der Waals surface area (Å²) in [5.74, 6) is 0. The molecule has 1 saturated heterocycles. The third-order valence-electron chi connectivity index (χ3n) is 3.35. The van der Waals surface area contributed by atoms with Crippen LogP contribution in [0.25, 0.3) is 0 Å². The van der Waals surface area contributed by atoms with Crippen LogP contribution in [-0.4, -0.2) is 37.1 Å². The lowest BCUT2D eigenvalue weighted by Gasteiger charge is -2.24. The quantitative estimate of drug-likeness (QED) is 0.622. The molecule has 2 nitrogen and oxygen atoms in total. The summed E-state index contributed by atoms with van der Waals surface area (Å²) in [5.41, 5.74) is 0. The van der Waals surface area contributed by atoms with Crippen LogP contribution in [0.3, 0.4) is 0 Å². The number of nitrogens with one attached hydrogen (secondary N) is 1. The smallest absolute Gasteiger partial charge is 0.0221 e. The second kappa shape index (κ2) is 8.12. The van der Waals surface area contributed by atoms with Gasteiger partial charge in [-0.25, -0.2) is 0 Å². The van der Waals surface area contributed by atoms with Crippen LogP contribution in [0.5, 0.6) is 0 Å². The first-order chi connectivity index (χ1) is 7.38. The average molecular weight is 212 g/mol. The zero-order valence-electron chi connectivity index (χ0n) is 10.6. The van der Waals surface area contributed by atoms with E-state index in [0.717, 1.165) is 6.04 Å². The van der Waals surface area contributed by atoms with Crippen LogP contribution in [-0.2, 0) is 0 Å². The van der Waals surface area contributed by atoms with Gasteiger partial charge in [0.2, 0.25) is 0 Å². The predicted molar refractivity (Wildman–Crippen MR) is 67.3 cm³/mol. The summed E-state index contributed by atoms with van der Waals surface area (Å²) in [6.07, 6.45) is 8.19. The highest BCUT2D eigenvalue weighted by Gasteiger charge is 2.22. The van der Waals surface area contributed by atoms with Gasteiger partial charge in [-0.2, -0.15) is 0 Å². The number of nitrogens with zero attached hydrogens (tertiary/aromatic N) is 1. The van der Waals surface area contributed by atoms with E-state index in [0.29, 0.717) is 0 Å². The molecular weight excluding hydrogens is 184 g/mol. The lowest BCUT2D eigenvalue weighted by atomic mass is 10.2. The third kappa shape index (κ3) is 4.98. The first kappa shape index (κ1) is 13.0. The molecule has 1 aliphatic rings. The molecule has 2 heteroatoms. The van der Waals surface area contributed by atoms with Crippen molar-refractivity contribution >= 4 is 0 Å². The van der Waals surface area contributed by atoms with Gasteiger partial charge < -0.3 is 5.32 Å². The molecule has 1 rings (SSSR count). The molecule has 0 aliphatic carbocycles. The van der Waals surface area contributed by atoms with Crippen molar-refractivity contribution < 1.29 is 0 Å². The molecule has 15 heavy (non-hydrogen) atoms. The standard InChI is InChI=1S/C13H28N2/c1-3-5-6-10-15-11-7-8-13(15)12-14-9-4-2/h13-14H,3-12H2,1-2H3. The molecule has 0 aromatic rings. The van der Waals surface area contributed by atoms with E-state index in [1.807, 2.05) is 0 Å². The van der Waals surface area contributed by atoms with Crippen molar-refractivity contribution in [3.05, 3.63) is 0 Å². The Labute approximate surface area is 95.4 Å². The second-order valence-corrected chi connectivity index (χ2v) is 4.74. The molecule has 1 fully saturated rings. The largest absolute Gasteiger partial charge is 0.315 e. The van der Waals surface area contributed by atoms with Gasteiger partial charge in [-0.15, -0.1) is 0 Å². The van der Waals surface area contributed by atoms with Gasteiger partial charge in [-0.1, -0.05) is 26.7 Å². The predicted octanol–water partition coefficient (Wildman–Crippen LogP) is 2.64. The fourth-order valence-corrected chi connectivity index (χ4v) is 2.43. The van der Waals surface area contributed by atoms with Crippen LogP contribution in [0, 0.1) is 0 Å². The van der Waals surface area contributed by atoms with Crippen LogP contribution in [0.4, 0.5) is 0 Å². The van der Waals surface area contributed by atoms with Gasteiger partial charge in [-0.05, 0) is 45.3 Å². The van der Waals surface area contributed by atoms with Crippen molar-refractivity contribution in [2.24, 2.45) is 0 Å². The molecule has 0 radical (unpaired) electrons. The van der Waals surface area contributed by atoms with Gasteiger partial charge >= 0.3 is 0 Å². The third-order valence-corrected chi connectivity index (χ3v) is 3.35. The minimum Gasteiger partial charge on any atom is -0.315 e. The summed E-state index contributed by atoms with van der Waals surface area (Å²) in [4.78, 5) is 2.69. The molecule has 0 saturated carbocycles. The monoisotopic (exact) mass is 212 g/mol. The fourth-order valence-electron chi connectivity index (χ4n) is 2.43. The van der Waals surface area contributed by atoms with Gasteiger partial charge in [-0.3, -0.25) is 4.90 Å². The molecule has 0 bridgehead atoms. The first-order valence-electron chi connectivity index (χ1n) is 6.83. The van der Waals surface area contributed by atoms with Crippen molar-refractivity contribution in [3.63, 3.8) is 0 Å². The molecule has 1 N–H and O–H groups in total. The molecular formula is C13H28N2. The van der Waals surface area contributed by atoms with Gasteiger partial charge in [0.25, 0.3) is 0 Å². The van der Waals surface area contributed by atoms with Crippen LogP contribution >= 0.6 is 0 Å². The maximum absolute atomic E-state index is 3.56. The highest BCUT2D eigenvalue weighted by molar-refractivity contribution is 4.80. The number of hydrogen-bond donors (Lipinski definition) is 1. The molecule has 0 aromatic heterocycles. The highest BCUT2D eigenvalue weighted by Crippen LogP contribution is 2.17. The van der Waals surface area contributed by atoms with Crippen molar-refractivity contribution in [1.29, 1.82) is 0 Å². The number of hydrogen-bond acceptors (Lipinski definition) is 2. The van der Waals surface area contributed by atoms with Crippen LogP contribution in [0.1, 0.15) is 52.4 Å². The topological polar surface area (TPSA) is 15.3 Å². The van der Waals surface area contributed by atoms with E-state index in [1.165, 1.54) is 64.7 Å². The van der Waals surface area contributed by atoms with Crippen LogP contribution < -0.4 is 5.32 Å². The molecule has 1 aliphatic heterocycles. The molecule has 0 aromatic carbocycles. The van der Waals surface area contributed by atoms with Gasteiger partial charge in [0, 0.05) is 12.6 Å². The minimum absolute atomic E-state index is 0.827. The lowest BCUT2D eigenvalue weighted by molar-refractivity contribution is 0.243. The SMILES string of the molecule is CCCCCN1CCCC1CNCCC. The Morgan fingerprint density at radius 1 is 1.20 bits per heavy atom. The van der Waals surface area contributed by atoms with E-state index in [9.17, 15) is 0 Å². The Balaban J connectivity index is 2.11. The van der Waals surface area contributed by atoms with Crippen molar-refractivity contribution in [2.45, 2.75) is 58.4 Å². The Morgan fingerprint density at radius 2 is 2.07 bits per heavy atom. The Hall–Kier alpha value is -0.0800. The Bertz CT molecular complexity index is 131. The Kier molecular flexibility index (Phi) is 7.03. The number of unbranched alkanes of at least 4 members (excludes halogenated alkanes) is 2. The summed E-state index contributed by atoms with van der Waals surface area (Å²) < 4.78 is 0. The Morgan fingerprint density at radius 3 is 2.80 bits per heavy atom. The van der Waals surface area contributed by atoms with E-state index in [2.05, 4.69) is 24.1 Å². The van der Waals surface area contributed by atoms with E-state index < -0.39 is 0 Å². The second-order valence-electron chi connectivity index (χ2n) is 4.74. The van der Waals surface area contributed by atoms with Gasteiger partial charge in [0.15, 0.2) is 0 Å². The minimum atomic E-state index is 0.827. The summed E-state index contributed by atoms with van der Waals surface area (Å²) >= 11 is 0. The van der Waals surface area contributed by atoms with E-state index in [4.69, 9.17) is 0 Å². The summed E-state index contributed by atoms with van der Waals surface area (Å²) in [6, 6.07) is 0.827. The van der Waals surface area contributed by atoms with Crippen molar-refractivity contribution in [2.75, 3.05) is 26.2 Å². The molecule has 0 amide bonds. The zero-order chi connectivity index (χ0) is 10.9. The number of rotatable bonds is 8. The van der Waals surface area contributed by atoms with E-state index in [-0.39, 0.29) is 0 Å². The fraction of sp³-hybridized carbons (Fsp3) is 1.00. The first-order valence-corrected chi connectivity index (χ1v) is 6.83. The molecule has 90 valence electrons. The van der Waals surface area contributed by atoms with Gasteiger partial charge in [0.1, 0.15) is 0 Å². The summed E-state index contributed by atoms with van der Waals surface area (Å²) in [6.45, 7) is 9.57.